The average Bonchev–Trinajstić information content (AvgIpc) is 2.85. The van der Waals surface area contributed by atoms with E-state index in [4.69, 9.17) is 5.26 Å². The molecule has 1 aromatic rings. The van der Waals surface area contributed by atoms with Gasteiger partial charge in [0.2, 0.25) is 0 Å². The van der Waals surface area contributed by atoms with E-state index in [-0.39, 0.29) is 5.92 Å². The molecular formula is C11H10N. The van der Waals surface area contributed by atoms with Crippen molar-refractivity contribution in [2.24, 2.45) is 11.8 Å². The van der Waals surface area contributed by atoms with E-state index in [9.17, 15) is 0 Å². The summed E-state index contributed by atoms with van der Waals surface area (Å²) in [5, 5.41) is 8.58. The van der Waals surface area contributed by atoms with Gasteiger partial charge >= 0.3 is 0 Å². The summed E-state index contributed by atoms with van der Waals surface area (Å²) in [5.74, 6) is 0.794. The molecule has 1 heteroatoms. The quantitative estimate of drug-likeness (QED) is 0.645. The van der Waals surface area contributed by atoms with Crippen molar-refractivity contribution in [2.75, 3.05) is 0 Å². The van der Waals surface area contributed by atoms with Crippen molar-refractivity contribution in [2.45, 2.75) is 6.42 Å². The molecule has 59 valence electrons. The van der Waals surface area contributed by atoms with Gasteiger partial charge in [-0.2, -0.15) is 5.26 Å². The molecule has 1 aromatic carbocycles. The lowest BCUT2D eigenvalue weighted by Crippen LogP contribution is -1.84. The fraction of sp³-hybridized carbons (Fsp3) is 0.273. The molecule has 1 saturated carbocycles. The molecule has 0 aliphatic heterocycles. The zero-order chi connectivity index (χ0) is 8.39. The molecule has 0 unspecified atom stereocenters. The maximum absolute atomic E-state index is 8.58. The van der Waals surface area contributed by atoms with Gasteiger partial charge in [-0.3, -0.25) is 0 Å². The second kappa shape index (κ2) is 2.98. The van der Waals surface area contributed by atoms with Gasteiger partial charge in [0.25, 0.3) is 0 Å². The molecule has 0 bridgehead atoms. The number of nitriles is 1. The Morgan fingerprint density at radius 2 is 2.08 bits per heavy atom. The first kappa shape index (κ1) is 7.36. The van der Waals surface area contributed by atoms with Gasteiger partial charge in [-0.05, 0) is 24.3 Å². The molecule has 1 aliphatic rings. The van der Waals surface area contributed by atoms with E-state index in [1.165, 1.54) is 5.56 Å². The average molecular weight is 156 g/mol. The Labute approximate surface area is 72.6 Å². The Kier molecular flexibility index (Phi) is 1.83. The summed E-state index contributed by atoms with van der Waals surface area (Å²) in [7, 11) is 0. The normalized spacial score (nSPS) is 26.2. The molecule has 2 atom stereocenters. The van der Waals surface area contributed by atoms with E-state index >= 15 is 0 Å². The molecule has 0 aromatic heterocycles. The standard InChI is InChI=1S/C11H10N/c12-8-11-7-10(11)6-9-4-2-1-3-5-9/h1-6,10-11H,7H2/t10-,11+/m0/s1. The Bertz CT molecular complexity index is 297. The van der Waals surface area contributed by atoms with Gasteiger partial charge in [0.15, 0.2) is 0 Å². The van der Waals surface area contributed by atoms with Crippen LogP contribution in [0.25, 0.3) is 0 Å². The molecule has 0 heterocycles. The lowest BCUT2D eigenvalue weighted by atomic mass is 10.1. The lowest BCUT2D eigenvalue weighted by Gasteiger charge is -1.95. The van der Waals surface area contributed by atoms with Crippen LogP contribution in [-0.2, 0) is 0 Å². The van der Waals surface area contributed by atoms with Crippen molar-refractivity contribution in [3.8, 4) is 6.07 Å². The summed E-state index contributed by atoms with van der Waals surface area (Å²) in [6.45, 7) is 0. The van der Waals surface area contributed by atoms with Crippen LogP contribution in [0.4, 0.5) is 0 Å². The highest BCUT2D eigenvalue weighted by Gasteiger charge is 2.36. The van der Waals surface area contributed by atoms with Crippen LogP contribution in [0.1, 0.15) is 12.0 Å². The van der Waals surface area contributed by atoms with Crippen molar-refractivity contribution in [3.63, 3.8) is 0 Å². The highest BCUT2D eigenvalue weighted by molar-refractivity contribution is 5.27. The van der Waals surface area contributed by atoms with Crippen molar-refractivity contribution in [3.05, 3.63) is 42.3 Å². The molecule has 1 radical (unpaired) electrons. The van der Waals surface area contributed by atoms with E-state index < -0.39 is 0 Å². The number of benzene rings is 1. The smallest absolute Gasteiger partial charge is 0.0659 e. The third-order valence-electron chi connectivity index (χ3n) is 2.21. The van der Waals surface area contributed by atoms with Crippen LogP contribution in [0.3, 0.4) is 0 Å². The zero-order valence-electron chi connectivity index (χ0n) is 6.77. The van der Waals surface area contributed by atoms with Crippen LogP contribution in [0.15, 0.2) is 30.3 Å². The maximum atomic E-state index is 8.58. The fourth-order valence-electron chi connectivity index (χ4n) is 1.36. The maximum Gasteiger partial charge on any atom is 0.0659 e. The van der Waals surface area contributed by atoms with Crippen molar-refractivity contribution < 1.29 is 0 Å². The van der Waals surface area contributed by atoms with Crippen LogP contribution >= 0.6 is 0 Å². The van der Waals surface area contributed by atoms with E-state index in [0.717, 1.165) is 6.42 Å². The summed E-state index contributed by atoms with van der Waals surface area (Å²) in [5.41, 5.74) is 1.24. The first-order valence-corrected chi connectivity index (χ1v) is 4.19. The second-order valence-electron chi connectivity index (χ2n) is 3.21. The van der Waals surface area contributed by atoms with Gasteiger partial charge in [-0.15, -0.1) is 0 Å². The Morgan fingerprint density at radius 1 is 1.33 bits per heavy atom. The number of hydrogen-bond acceptors (Lipinski definition) is 1. The third kappa shape index (κ3) is 1.48. The molecule has 1 fully saturated rings. The van der Waals surface area contributed by atoms with Crippen molar-refractivity contribution in [1.29, 1.82) is 5.26 Å². The zero-order valence-corrected chi connectivity index (χ0v) is 6.77. The van der Waals surface area contributed by atoms with Crippen molar-refractivity contribution >= 4 is 0 Å². The first-order chi connectivity index (χ1) is 5.90. The van der Waals surface area contributed by atoms with E-state index in [1.54, 1.807) is 0 Å². The predicted molar refractivity (Wildman–Crippen MR) is 47.1 cm³/mol. The van der Waals surface area contributed by atoms with Gasteiger partial charge in [-0.1, -0.05) is 30.3 Å². The molecule has 1 nitrogen and oxygen atoms in total. The van der Waals surface area contributed by atoms with Gasteiger partial charge in [-0.25, -0.2) is 0 Å². The summed E-state index contributed by atoms with van der Waals surface area (Å²) >= 11 is 0. The monoisotopic (exact) mass is 156 g/mol. The molecule has 0 amide bonds. The minimum atomic E-state index is 0.283. The summed E-state index contributed by atoms with van der Waals surface area (Å²) < 4.78 is 0. The van der Waals surface area contributed by atoms with E-state index in [1.807, 2.05) is 18.2 Å². The Hall–Kier alpha value is -1.29. The van der Waals surface area contributed by atoms with Crippen molar-refractivity contribution in [1.82, 2.24) is 0 Å². The highest BCUT2D eigenvalue weighted by Crippen LogP contribution is 2.41. The predicted octanol–water partition coefficient (Wildman–Crippen LogP) is 2.40. The van der Waals surface area contributed by atoms with Gasteiger partial charge in [0.05, 0.1) is 12.0 Å². The number of hydrogen-bond donors (Lipinski definition) is 0. The topological polar surface area (TPSA) is 23.8 Å². The minimum absolute atomic E-state index is 0.283. The van der Waals surface area contributed by atoms with Crippen LogP contribution in [0.2, 0.25) is 0 Å². The minimum Gasteiger partial charge on any atom is -0.198 e. The summed E-state index contributed by atoms with van der Waals surface area (Å²) in [4.78, 5) is 0. The molecule has 0 saturated heterocycles. The fourth-order valence-corrected chi connectivity index (χ4v) is 1.36. The first-order valence-electron chi connectivity index (χ1n) is 4.19. The molecule has 12 heavy (non-hydrogen) atoms. The number of nitrogens with zero attached hydrogens (tertiary/aromatic N) is 1. The molecular weight excluding hydrogens is 146 g/mol. The Morgan fingerprint density at radius 3 is 2.67 bits per heavy atom. The summed E-state index contributed by atoms with van der Waals surface area (Å²) in [6.07, 6.45) is 3.24. The molecule has 0 N–H and O–H groups in total. The molecule has 1 aliphatic carbocycles. The SMILES string of the molecule is N#C[C@H]1C[C@@H]1[CH]c1ccccc1. The largest absolute Gasteiger partial charge is 0.198 e. The highest BCUT2D eigenvalue weighted by atomic mass is 14.4. The van der Waals surface area contributed by atoms with Gasteiger partial charge < -0.3 is 0 Å². The van der Waals surface area contributed by atoms with Crippen LogP contribution < -0.4 is 0 Å². The van der Waals surface area contributed by atoms with E-state index in [2.05, 4.69) is 24.6 Å². The third-order valence-corrected chi connectivity index (χ3v) is 2.21. The van der Waals surface area contributed by atoms with Gasteiger partial charge in [0, 0.05) is 0 Å². The van der Waals surface area contributed by atoms with E-state index in [0.29, 0.717) is 5.92 Å². The van der Waals surface area contributed by atoms with Crippen LogP contribution in [0.5, 0.6) is 0 Å². The van der Waals surface area contributed by atoms with Crippen LogP contribution in [-0.4, -0.2) is 0 Å². The number of rotatable bonds is 2. The molecule has 0 spiro atoms. The Balaban J connectivity index is 1.95. The second-order valence-corrected chi connectivity index (χ2v) is 3.21. The molecule has 2 rings (SSSR count). The van der Waals surface area contributed by atoms with Gasteiger partial charge in [0.1, 0.15) is 0 Å². The lowest BCUT2D eigenvalue weighted by molar-refractivity contribution is 0.944. The van der Waals surface area contributed by atoms with Crippen LogP contribution in [0, 0.1) is 29.6 Å². The summed E-state index contributed by atoms with van der Waals surface area (Å²) in [6, 6.07) is 12.5.